The summed E-state index contributed by atoms with van der Waals surface area (Å²) in [5.41, 5.74) is 2.87. The molecule has 4 nitrogen and oxygen atoms in total. The second-order valence-corrected chi connectivity index (χ2v) is 8.19. The van der Waals surface area contributed by atoms with Gasteiger partial charge in [-0.1, -0.05) is 42.1 Å². The van der Waals surface area contributed by atoms with Crippen LogP contribution in [0.5, 0.6) is 5.75 Å². The van der Waals surface area contributed by atoms with Gasteiger partial charge in [-0.05, 0) is 35.7 Å². The van der Waals surface area contributed by atoms with E-state index in [1.165, 1.54) is 23.5 Å². The van der Waals surface area contributed by atoms with E-state index in [4.69, 9.17) is 4.74 Å². The number of nitrogens with one attached hydrogen (secondary N) is 1. The quantitative estimate of drug-likeness (QED) is 0.523. The van der Waals surface area contributed by atoms with Gasteiger partial charge in [-0.15, -0.1) is 11.3 Å². The van der Waals surface area contributed by atoms with Crippen molar-refractivity contribution < 1.29 is 13.9 Å². The van der Waals surface area contributed by atoms with E-state index in [-0.39, 0.29) is 18.1 Å². The zero-order valence-corrected chi connectivity index (χ0v) is 17.1. The zero-order chi connectivity index (χ0) is 19.8. The largest absolute Gasteiger partial charge is 0.496 e. The lowest BCUT2D eigenvalue weighted by atomic mass is 10.1. The lowest BCUT2D eigenvalue weighted by molar-refractivity contribution is -0.120. The Bertz CT molecular complexity index is 913. The summed E-state index contributed by atoms with van der Waals surface area (Å²) in [4.78, 5) is 16.7. The molecule has 0 saturated carbocycles. The van der Waals surface area contributed by atoms with E-state index in [1.54, 1.807) is 31.0 Å². The molecule has 0 radical (unpaired) electrons. The summed E-state index contributed by atoms with van der Waals surface area (Å²) in [5, 5.41) is 4.84. The Morgan fingerprint density at radius 1 is 1.21 bits per heavy atom. The van der Waals surface area contributed by atoms with Crippen LogP contribution in [0.1, 0.15) is 16.8 Å². The first-order valence-electron chi connectivity index (χ1n) is 8.84. The second kappa shape index (κ2) is 10.2. The molecular formula is C21H21FN2O2S2. The van der Waals surface area contributed by atoms with Crippen LogP contribution in [0.15, 0.2) is 58.3 Å². The molecule has 0 fully saturated rings. The van der Waals surface area contributed by atoms with Crippen LogP contribution < -0.4 is 10.1 Å². The molecule has 2 aromatic carbocycles. The number of para-hydroxylation sites is 1. The van der Waals surface area contributed by atoms with E-state index in [0.717, 1.165) is 32.7 Å². The molecule has 0 atom stereocenters. The van der Waals surface area contributed by atoms with Crippen LogP contribution in [-0.2, 0) is 23.4 Å². The fourth-order valence-electron chi connectivity index (χ4n) is 2.63. The third-order valence-corrected chi connectivity index (χ3v) is 6.20. The van der Waals surface area contributed by atoms with Crippen molar-refractivity contribution >= 4 is 29.0 Å². The number of methoxy groups -OCH3 is 1. The molecule has 28 heavy (non-hydrogen) atoms. The number of carbonyl (C=O) groups is 1. The molecule has 0 saturated heterocycles. The molecule has 3 aromatic rings. The average molecular weight is 417 g/mol. The minimum Gasteiger partial charge on any atom is -0.496 e. The Morgan fingerprint density at radius 3 is 2.79 bits per heavy atom. The highest BCUT2D eigenvalue weighted by molar-refractivity contribution is 8.00. The molecule has 1 N–H and O–H groups in total. The van der Waals surface area contributed by atoms with Gasteiger partial charge >= 0.3 is 0 Å². The number of amides is 1. The lowest BCUT2D eigenvalue weighted by Gasteiger charge is -2.08. The van der Waals surface area contributed by atoms with Crippen LogP contribution >= 0.6 is 23.1 Å². The number of nitrogens with zero attached hydrogens (tertiary/aromatic N) is 1. The summed E-state index contributed by atoms with van der Waals surface area (Å²) < 4.78 is 19.2. The van der Waals surface area contributed by atoms with Gasteiger partial charge in [-0.25, -0.2) is 9.37 Å². The third-order valence-electron chi connectivity index (χ3n) is 4.06. The van der Waals surface area contributed by atoms with Gasteiger partial charge in [0.15, 0.2) is 0 Å². The van der Waals surface area contributed by atoms with Crippen molar-refractivity contribution in [2.45, 2.75) is 22.9 Å². The number of thioether (sulfide) groups is 1. The molecule has 0 unspecified atom stereocenters. The van der Waals surface area contributed by atoms with Gasteiger partial charge < -0.3 is 10.1 Å². The molecule has 7 heteroatoms. The van der Waals surface area contributed by atoms with Crippen molar-refractivity contribution in [1.29, 1.82) is 0 Å². The first-order valence-corrected chi connectivity index (χ1v) is 10.7. The van der Waals surface area contributed by atoms with Crippen molar-refractivity contribution in [3.8, 4) is 5.75 Å². The predicted octanol–water partition coefficient (Wildman–Crippen LogP) is 4.48. The highest BCUT2D eigenvalue weighted by atomic mass is 32.2. The number of ether oxygens (including phenoxy) is 1. The van der Waals surface area contributed by atoms with Gasteiger partial charge in [-0.3, -0.25) is 4.79 Å². The normalized spacial score (nSPS) is 10.6. The van der Waals surface area contributed by atoms with Gasteiger partial charge in [-0.2, -0.15) is 0 Å². The number of rotatable bonds is 9. The van der Waals surface area contributed by atoms with Crippen LogP contribution in [0.2, 0.25) is 0 Å². The number of halogens is 1. The molecule has 1 heterocycles. The highest BCUT2D eigenvalue weighted by Crippen LogP contribution is 2.26. The molecule has 0 aliphatic carbocycles. The molecule has 0 bridgehead atoms. The van der Waals surface area contributed by atoms with Gasteiger partial charge in [0.05, 0.1) is 19.2 Å². The topological polar surface area (TPSA) is 51.2 Å². The van der Waals surface area contributed by atoms with Crippen molar-refractivity contribution in [2.75, 3.05) is 13.7 Å². The Kier molecular flexibility index (Phi) is 7.45. The van der Waals surface area contributed by atoms with E-state index in [2.05, 4.69) is 10.3 Å². The zero-order valence-electron chi connectivity index (χ0n) is 15.5. The predicted molar refractivity (Wildman–Crippen MR) is 111 cm³/mol. The van der Waals surface area contributed by atoms with Crippen molar-refractivity contribution in [3.63, 3.8) is 0 Å². The SMILES string of the molecule is COc1ccccc1CCNC(=O)Cc1csc(SCc2ccc(F)cc2)n1. The summed E-state index contributed by atoms with van der Waals surface area (Å²) >= 11 is 3.11. The maximum Gasteiger partial charge on any atom is 0.226 e. The van der Waals surface area contributed by atoms with E-state index in [1.807, 2.05) is 29.6 Å². The molecule has 1 aromatic heterocycles. The van der Waals surface area contributed by atoms with Crippen LogP contribution in [0.4, 0.5) is 4.39 Å². The van der Waals surface area contributed by atoms with Crippen LogP contribution in [0, 0.1) is 5.82 Å². The highest BCUT2D eigenvalue weighted by Gasteiger charge is 2.09. The van der Waals surface area contributed by atoms with E-state index >= 15 is 0 Å². The number of benzene rings is 2. The maximum atomic E-state index is 12.9. The molecule has 146 valence electrons. The minimum atomic E-state index is -0.234. The van der Waals surface area contributed by atoms with E-state index in [9.17, 15) is 9.18 Å². The maximum absolute atomic E-state index is 12.9. The van der Waals surface area contributed by atoms with Gasteiger partial charge in [0, 0.05) is 17.7 Å². The van der Waals surface area contributed by atoms with Crippen LogP contribution in [0.3, 0.4) is 0 Å². The molecular weight excluding hydrogens is 395 g/mol. The standard InChI is InChI=1S/C21H21FN2O2S2/c1-26-19-5-3-2-4-16(19)10-11-23-20(25)12-18-14-28-21(24-18)27-13-15-6-8-17(22)9-7-15/h2-9,14H,10-13H2,1H3,(H,23,25). The Morgan fingerprint density at radius 2 is 2.00 bits per heavy atom. The number of carbonyl (C=O) groups excluding carboxylic acids is 1. The number of aromatic nitrogens is 1. The molecule has 1 amide bonds. The van der Waals surface area contributed by atoms with E-state index < -0.39 is 0 Å². The molecule has 0 aliphatic rings. The summed E-state index contributed by atoms with van der Waals surface area (Å²) in [7, 11) is 1.64. The monoisotopic (exact) mass is 416 g/mol. The fraction of sp³-hybridized carbons (Fsp3) is 0.238. The fourth-order valence-corrected chi connectivity index (χ4v) is 4.44. The summed E-state index contributed by atoms with van der Waals surface area (Å²) in [5.74, 6) is 1.27. The van der Waals surface area contributed by atoms with Crippen LogP contribution in [-0.4, -0.2) is 24.5 Å². The molecule has 0 aliphatic heterocycles. The summed E-state index contributed by atoms with van der Waals surface area (Å²) in [6, 6.07) is 14.2. The number of hydrogen-bond donors (Lipinski definition) is 1. The molecule has 3 rings (SSSR count). The van der Waals surface area contributed by atoms with Crippen LogP contribution in [0.25, 0.3) is 0 Å². The average Bonchev–Trinajstić information content (AvgIpc) is 3.15. The van der Waals surface area contributed by atoms with Gasteiger partial charge in [0.25, 0.3) is 0 Å². The third kappa shape index (κ3) is 6.07. The van der Waals surface area contributed by atoms with Crippen molar-refractivity contribution in [2.24, 2.45) is 0 Å². The number of thiazole rings is 1. The van der Waals surface area contributed by atoms with Gasteiger partial charge in [0.1, 0.15) is 15.9 Å². The minimum absolute atomic E-state index is 0.0460. The Labute approximate surface area is 172 Å². The van der Waals surface area contributed by atoms with E-state index in [0.29, 0.717) is 13.0 Å². The summed E-state index contributed by atoms with van der Waals surface area (Å²) in [6.45, 7) is 0.551. The first-order chi connectivity index (χ1) is 13.6. The summed E-state index contributed by atoms with van der Waals surface area (Å²) in [6.07, 6.45) is 0.977. The Hall–Kier alpha value is -2.38. The van der Waals surface area contributed by atoms with Crippen molar-refractivity contribution in [3.05, 3.63) is 76.5 Å². The Balaban J connectivity index is 1.42. The lowest BCUT2D eigenvalue weighted by Crippen LogP contribution is -2.27. The smallest absolute Gasteiger partial charge is 0.226 e. The second-order valence-electron chi connectivity index (χ2n) is 6.11. The molecule has 0 spiro atoms. The first kappa shape index (κ1) is 20.4. The number of hydrogen-bond acceptors (Lipinski definition) is 5. The van der Waals surface area contributed by atoms with Crippen molar-refractivity contribution in [1.82, 2.24) is 10.3 Å². The van der Waals surface area contributed by atoms with Gasteiger partial charge in [0.2, 0.25) is 5.91 Å².